The van der Waals surface area contributed by atoms with E-state index in [2.05, 4.69) is 117 Å². The predicted octanol–water partition coefficient (Wildman–Crippen LogP) is 7.32. The van der Waals surface area contributed by atoms with Crippen LogP contribution in [-0.4, -0.2) is 118 Å². The molecule has 0 spiro atoms. The number of hydrogen-bond acceptors (Lipinski definition) is 17. The monoisotopic (exact) mass is 988 g/mol. The van der Waals surface area contributed by atoms with Crippen LogP contribution in [-0.2, 0) is 47.8 Å². The van der Waals surface area contributed by atoms with Crippen LogP contribution in [0.25, 0.3) is 22.2 Å². The lowest BCUT2D eigenvalue weighted by atomic mass is 10.1. The first-order chi connectivity index (χ1) is 29.3. The van der Waals surface area contributed by atoms with Gasteiger partial charge in [0.25, 0.3) is 0 Å². The highest BCUT2D eigenvalue weighted by Crippen LogP contribution is 2.58. The SMILES string of the molecule is C[C@H]1CCc2cn([C@@H]3O[C@H](CO)[C@@H](OP(=O)(S)OC[C@H]4O[C@@H](n5cnc6c(N)ncnc65)[C@H](O[PH](=O)S)[C@@H]4OC[Si](C)(C)C(C)(C)C)[C@H]3O[Si](C)(C)C(C)(C)C)c3ncnc(c23)O1. The average Bonchev–Trinajstić information content (AvgIpc) is 3.91. The Kier molecular flexibility index (Phi) is 14.2. The maximum absolute atomic E-state index is 14.6. The number of aliphatic hydroxyl groups excluding tert-OH is 1. The Hall–Kier alpha value is -1.96. The van der Waals surface area contributed by atoms with Gasteiger partial charge in [0, 0.05) is 12.4 Å². The van der Waals surface area contributed by atoms with Gasteiger partial charge in [0.2, 0.25) is 13.1 Å². The topological polar surface area (TPSA) is 229 Å². The molecule has 3 aliphatic heterocycles. The molecule has 2 fully saturated rings. The van der Waals surface area contributed by atoms with Crippen molar-refractivity contribution in [2.45, 2.75) is 153 Å². The summed E-state index contributed by atoms with van der Waals surface area (Å²) in [6.07, 6.45) is 0.210. The van der Waals surface area contributed by atoms with Gasteiger partial charge in [0.05, 0.1) is 39.1 Å². The van der Waals surface area contributed by atoms with E-state index in [0.717, 1.165) is 23.8 Å². The number of nitrogens with two attached hydrogens (primary N) is 1. The first-order valence-electron chi connectivity index (χ1n) is 21.0. The van der Waals surface area contributed by atoms with Gasteiger partial charge in [-0.2, -0.15) is 0 Å². The standard InChI is InChI=1S/C38H62N8O11P2S2Si2/c1-21-12-13-22-14-45(32-25(22)34(52-21)43-18-41-32)36-30(57-63(10,11)38(5,6)7)28(23(15-47)53-36)56-59(49,61)51-16-24-27(50-20-62(8,9)37(2,3)4)29(55-58(48)60)35(54-24)46-19-44-26-31(39)40-17-42-33(26)46/h14,17-19,21,23-24,27-30,35-36,47,58H,12-13,15-16,20H2,1-11H3,(H,48,60)(H,49,61)(H2,39,40,42)/t21-,23+,24+,27+,28+,29+,30+,35+,36+,59?/m0/s1. The Bertz CT molecular complexity index is 2370. The lowest BCUT2D eigenvalue weighted by molar-refractivity contribution is -0.0561. The van der Waals surface area contributed by atoms with Crippen LogP contribution in [0.4, 0.5) is 5.82 Å². The predicted molar refractivity (Wildman–Crippen MR) is 250 cm³/mol. The molecule has 11 atom stereocenters. The number of thiol groups is 2. The smallest absolute Gasteiger partial charge is 0.386 e. The second kappa shape index (κ2) is 18.3. The zero-order chi connectivity index (χ0) is 46.0. The number of aryl methyl sites for hydroxylation is 1. The Morgan fingerprint density at radius 3 is 2.27 bits per heavy atom. The number of rotatable bonds is 15. The van der Waals surface area contributed by atoms with E-state index in [9.17, 15) is 14.2 Å². The molecule has 0 radical (unpaired) electrons. The maximum Gasteiger partial charge on any atom is 0.386 e. The summed E-state index contributed by atoms with van der Waals surface area (Å²) in [5.41, 5.74) is 8.35. The lowest BCUT2D eigenvalue weighted by Gasteiger charge is -2.41. The van der Waals surface area contributed by atoms with Gasteiger partial charge in [0.1, 0.15) is 60.4 Å². The number of aromatic nitrogens is 7. The highest BCUT2D eigenvalue weighted by molar-refractivity contribution is 8.44. The molecule has 3 aliphatic rings. The highest BCUT2D eigenvalue weighted by atomic mass is 32.7. The van der Waals surface area contributed by atoms with Gasteiger partial charge in [-0.05, 0) is 48.5 Å². The van der Waals surface area contributed by atoms with Gasteiger partial charge in [-0.15, -0.1) is 0 Å². The van der Waals surface area contributed by atoms with E-state index < -0.39 is 86.1 Å². The van der Waals surface area contributed by atoms with E-state index in [0.29, 0.717) is 28.9 Å². The number of nitrogen functional groups attached to an aromatic ring is 1. The average molecular weight is 989 g/mol. The van der Waals surface area contributed by atoms with E-state index >= 15 is 0 Å². The van der Waals surface area contributed by atoms with Crippen molar-refractivity contribution in [2.75, 3.05) is 25.2 Å². The van der Waals surface area contributed by atoms with Crippen LogP contribution < -0.4 is 10.5 Å². The Labute approximate surface area is 381 Å². The zero-order valence-electron chi connectivity index (χ0n) is 37.6. The van der Waals surface area contributed by atoms with Gasteiger partial charge in [-0.25, -0.2) is 29.5 Å². The lowest BCUT2D eigenvalue weighted by Crippen LogP contribution is -2.49. The molecular formula is C38H62N8O11P2S2Si2. The van der Waals surface area contributed by atoms with E-state index in [-0.39, 0.29) is 28.6 Å². The molecule has 7 heterocycles. The number of aliphatic hydroxyl groups is 1. The minimum absolute atomic E-state index is 0.0342. The van der Waals surface area contributed by atoms with Crippen LogP contribution in [0, 0.1) is 0 Å². The molecule has 7 rings (SSSR count). The summed E-state index contributed by atoms with van der Waals surface area (Å²) in [7, 11) is -7.59. The van der Waals surface area contributed by atoms with Crippen LogP contribution in [0.5, 0.6) is 5.88 Å². The number of imidazole rings is 1. The minimum atomic E-state index is -4.35. The van der Waals surface area contributed by atoms with Crippen molar-refractivity contribution in [3.05, 3.63) is 30.7 Å². The van der Waals surface area contributed by atoms with Crippen LogP contribution in [0.1, 0.15) is 72.9 Å². The van der Waals surface area contributed by atoms with Crippen molar-refractivity contribution in [1.29, 1.82) is 0 Å². The van der Waals surface area contributed by atoms with Gasteiger partial charge in [0.15, 0.2) is 32.2 Å². The van der Waals surface area contributed by atoms with Crippen molar-refractivity contribution >= 4 is 82.9 Å². The molecular weight excluding hydrogens is 927 g/mol. The van der Waals surface area contributed by atoms with Gasteiger partial charge in [-0.1, -0.05) is 79.1 Å². The van der Waals surface area contributed by atoms with E-state index in [4.69, 9.17) is 42.7 Å². The summed E-state index contributed by atoms with van der Waals surface area (Å²) in [5.74, 6) is 0.640. The third-order valence-electron chi connectivity index (χ3n) is 13.3. The fourth-order valence-electron chi connectivity index (χ4n) is 7.50. The van der Waals surface area contributed by atoms with Crippen LogP contribution >= 0.6 is 38.5 Å². The molecule has 25 heteroatoms. The second-order valence-corrected chi connectivity index (χ2v) is 34.8. The quantitative estimate of drug-likeness (QED) is 0.0519. The maximum atomic E-state index is 14.6. The van der Waals surface area contributed by atoms with E-state index in [1.807, 2.05) is 17.7 Å². The fraction of sp³-hybridized carbons (Fsp3) is 0.711. The normalized spacial score (nSPS) is 28.6. The van der Waals surface area contributed by atoms with Gasteiger partial charge >= 0.3 is 6.80 Å². The Balaban J connectivity index is 1.20. The van der Waals surface area contributed by atoms with E-state index in [1.54, 1.807) is 4.57 Å². The van der Waals surface area contributed by atoms with Crippen LogP contribution in [0.3, 0.4) is 0 Å². The molecule has 0 amide bonds. The molecule has 4 aromatic rings. The number of anilines is 1. The molecule has 19 nitrogen and oxygen atoms in total. The van der Waals surface area contributed by atoms with Crippen molar-refractivity contribution in [1.82, 2.24) is 34.1 Å². The number of nitrogens with zero attached hydrogens (tertiary/aromatic N) is 7. The molecule has 350 valence electrons. The van der Waals surface area contributed by atoms with Gasteiger partial charge in [-0.3, -0.25) is 18.2 Å². The zero-order valence-corrected chi connectivity index (χ0v) is 43.3. The molecule has 4 aromatic heterocycles. The summed E-state index contributed by atoms with van der Waals surface area (Å²) in [6, 6.07) is 0. The molecule has 3 N–H and O–H groups in total. The Morgan fingerprint density at radius 2 is 1.60 bits per heavy atom. The van der Waals surface area contributed by atoms with E-state index in [1.165, 1.54) is 19.0 Å². The summed E-state index contributed by atoms with van der Waals surface area (Å²) < 4.78 is 82.5. The highest BCUT2D eigenvalue weighted by Gasteiger charge is 2.55. The largest absolute Gasteiger partial charge is 0.474 e. The first kappa shape index (κ1) is 49.0. The third kappa shape index (κ3) is 10.0. The van der Waals surface area contributed by atoms with Crippen molar-refractivity contribution < 1.29 is 51.2 Å². The molecule has 63 heavy (non-hydrogen) atoms. The fourth-order valence-corrected chi connectivity index (χ4v) is 12.2. The van der Waals surface area contributed by atoms with Crippen molar-refractivity contribution in [3.8, 4) is 5.88 Å². The first-order valence-corrected chi connectivity index (χ1v) is 32.4. The number of ether oxygens (including phenoxy) is 4. The van der Waals surface area contributed by atoms with Gasteiger partial charge < -0.3 is 43.3 Å². The summed E-state index contributed by atoms with van der Waals surface area (Å²) in [4.78, 5) is 21.9. The molecule has 2 saturated heterocycles. The minimum Gasteiger partial charge on any atom is -0.474 e. The summed E-state index contributed by atoms with van der Waals surface area (Å²) >= 11 is 8.65. The second-order valence-electron chi connectivity index (χ2n) is 19.7. The number of fused-ring (bicyclic) bond motifs is 1. The van der Waals surface area contributed by atoms with Crippen LogP contribution in [0.15, 0.2) is 25.2 Å². The molecule has 0 bridgehead atoms. The Morgan fingerprint density at radius 1 is 0.937 bits per heavy atom. The van der Waals surface area contributed by atoms with Crippen molar-refractivity contribution in [2.24, 2.45) is 0 Å². The number of hydrogen-bond donors (Lipinski definition) is 4. The third-order valence-corrected chi connectivity index (χ3v) is 25.1. The van der Waals surface area contributed by atoms with Crippen molar-refractivity contribution in [3.63, 3.8) is 0 Å². The molecule has 0 aromatic carbocycles. The molecule has 2 unspecified atom stereocenters. The summed E-state index contributed by atoms with van der Waals surface area (Å²) in [6.45, 7) is 18.2. The molecule has 0 saturated carbocycles. The van der Waals surface area contributed by atoms with Crippen LogP contribution in [0.2, 0.25) is 36.3 Å². The molecule has 0 aliphatic carbocycles. The summed E-state index contributed by atoms with van der Waals surface area (Å²) in [5, 5.41) is 11.3.